The third-order valence-electron chi connectivity index (χ3n) is 2.27. The van der Waals surface area contributed by atoms with E-state index in [1.807, 2.05) is 36.4 Å². The lowest BCUT2D eigenvalue weighted by atomic mass is 10.2. The molecule has 4 heteroatoms. The SMILES string of the molecule is Clc1ccccc1/C=N/N=C/c1ccccc1Cl. The van der Waals surface area contributed by atoms with Crippen molar-refractivity contribution in [2.24, 2.45) is 10.2 Å². The Kier molecular flexibility index (Phi) is 4.51. The van der Waals surface area contributed by atoms with Gasteiger partial charge in [0.15, 0.2) is 0 Å². The van der Waals surface area contributed by atoms with Gasteiger partial charge in [0.1, 0.15) is 0 Å². The first-order valence-corrected chi connectivity index (χ1v) is 6.08. The van der Waals surface area contributed by atoms with Gasteiger partial charge in [-0.2, -0.15) is 10.2 Å². The fraction of sp³-hybridized carbons (Fsp3) is 0. The van der Waals surface area contributed by atoms with Crippen LogP contribution in [-0.2, 0) is 0 Å². The Morgan fingerprint density at radius 2 is 1.06 bits per heavy atom. The van der Waals surface area contributed by atoms with E-state index in [-0.39, 0.29) is 0 Å². The van der Waals surface area contributed by atoms with Crippen molar-refractivity contribution in [1.82, 2.24) is 0 Å². The van der Waals surface area contributed by atoms with Crippen LogP contribution in [0.1, 0.15) is 11.1 Å². The van der Waals surface area contributed by atoms with Crippen molar-refractivity contribution in [3.8, 4) is 0 Å². The van der Waals surface area contributed by atoms with Gasteiger partial charge in [-0.15, -0.1) is 0 Å². The van der Waals surface area contributed by atoms with Crippen molar-refractivity contribution in [2.75, 3.05) is 0 Å². The Morgan fingerprint density at radius 3 is 1.44 bits per heavy atom. The predicted octanol–water partition coefficient (Wildman–Crippen LogP) is 4.45. The van der Waals surface area contributed by atoms with Crippen LogP contribution in [0.25, 0.3) is 0 Å². The number of halogens is 2. The summed E-state index contributed by atoms with van der Waals surface area (Å²) in [6.07, 6.45) is 3.21. The molecule has 0 N–H and O–H groups in total. The van der Waals surface area contributed by atoms with E-state index in [0.29, 0.717) is 10.0 Å². The van der Waals surface area contributed by atoms with E-state index in [2.05, 4.69) is 10.2 Å². The van der Waals surface area contributed by atoms with Crippen molar-refractivity contribution < 1.29 is 0 Å². The highest BCUT2D eigenvalue weighted by Gasteiger charge is 1.94. The van der Waals surface area contributed by atoms with Gasteiger partial charge in [-0.3, -0.25) is 0 Å². The van der Waals surface area contributed by atoms with Gasteiger partial charge in [0.25, 0.3) is 0 Å². The molecule has 0 saturated heterocycles. The van der Waals surface area contributed by atoms with Crippen LogP contribution < -0.4 is 0 Å². The molecule has 0 aliphatic heterocycles. The first-order valence-electron chi connectivity index (χ1n) is 5.33. The average molecular weight is 277 g/mol. The second kappa shape index (κ2) is 6.34. The molecule has 2 aromatic carbocycles. The van der Waals surface area contributed by atoms with Crippen LogP contribution in [0.3, 0.4) is 0 Å². The summed E-state index contributed by atoms with van der Waals surface area (Å²) in [4.78, 5) is 0. The molecule has 2 aromatic rings. The van der Waals surface area contributed by atoms with E-state index in [0.717, 1.165) is 11.1 Å². The average Bonchev–Trinajstić information content (AvgIpc) is 2.38. The van der Waals surface area contributed by atoms with Crippen molar-refractivity contribution >= 4 is 35.6 Å². The van der Waals surface area contributed by atoms with Crippen molar-refractivity contribution in [3.05, 3.63) is 69.7 Å². The van der Waals surface area contributed by atoms with Crippen LogP contribution >= 0.6 is 23.2 Å². The Balaban J connectivity index is 2.08. The molecule has 0 heterocycles. The molecular formula is C14H10Cl2N2. The number of nitrogens with zero attached hydrogens (tertiary/aromatic N) is 2. The second-order valence-electron chi connectivity index (χ2n) is 3.53. The summed E-state index contributed by atoms with van der Waals surface area (Å²) in [5, 5.41) is 9.18. The van der Waals surface area contributed by atoms with Crippen LogP contribution in [0.5, 0.6) is 0 Å². The highest BCUT2D eigenvalue weighted by atomic mass is 35.5. The fourth-order valence-corrected chi connectivity index (χ4v) is 1.72. The maximum atomic E-state index is 5.98. The molecule has 0 fully saturated rings. The van der Waals surface area contributed by atoms with E-state index < -0.39 is 0 Å². The van der Waals surface area contributed by atoms with Gasteiger partial charge in [-0.1, -0.05) is 59.6 Å². The molecule has 2 rings (SSSR count). The minimum Gasteiger partial charge on any atom is -0.158 e. The molecule has 0 aromatic heterocycles. The summed E-state index contributed by atoms with van der Waals surface area (Å²) in [6.45, 7) is 0. The molecule has 0 atom stereocenters. The summed E-state index contributed by atoms with van der Waals surface area (Å²) >= 11 is 12.0. The lowest BCUT2D eigenvalue weighted by Crippen LogP contribution is -1.83. The number of benzene rings is 2. The minimum absolute atomic E-state index is 0.647. The quantitative estimate of drug-likeness (QED) is 0.585. The van der Waals surface area contributed by atoms with Gasteiger partial charge in [0.05, 0.1) is 12.4 Å². The maximum absolute atomic E-state index is 5.98. The zero-order chi connectivity index (χ0) is 12.8. The lowest BCUT2D eigenvalue weighted by Gasteiger charge is -1.95. The molecule has 0 radical (unpaired) electrons. The largest absolute Gasteiger partial charge is 0.158 e. The van der Waals surface area contributed by atoms with Crippen LogP contribution in [0.4, 0.5) is 0 Å². The summed E-state index contributed by atoms with van der Waals surface area (Å²) < 4.78 is 0. The third-order valence-corrected chi connectivity index (χ3v) is 2.96. The first-order chi connectivity index (χ1) is 8.77. The van der Waals surface area contributed by atoms with Crippen LogP contribution in [0.15, 0.2) is 58.7 Å². The molecule has 0 bridgehead atoms. The van der Waals surface area contributed by atoms with E-state index >= 15 is 0 Å². The topological polar surface area (TPSA) is 24.7 Å². The zero-order valence-corrected chi connectivity index (χ0v) is 10.9. The van der Waals surface area contributed by atoms with Crippen molar-refractivity contribution in [3.63, 3.8) is 0 Å². The summed E-state index contributed by atoms with van der Waals surface area (Å²) in [5.74, 6) is 0. The summed E-state index contributed by atoms with van der Waals surface area (Å²) in [5.41, 5.74) is 1.66. The van der Waals surface area contributed by atoms with Gasteiger partial charge >= 0.3 is 0 Å². The Morgan fingerprint density at radius 1 is 0.667 bits per heavy atom. The fourth-order valence-electron chi connectivity index (χ4n) is 1.35. The van der Waals surface area contributed by atoms with Gasteiger partial charge in [-0.25, -0.2) is 0 Å². The van der Waals surface area contributed by atoms with Gasteiger partial charge in [0, 0.05) is 21.2 Å². The van der Waals surface area contributed by atoms with Crippen LogP contribution in [0.2, 0.25) is 10.0 Å². The van der Waals surface area contributed by atoms with Gasteiger partial charge in [0.2, 0.25) is 0 Å². The molecule has 18 heavy (non-hydrogen) atoms. The molecular weight excluding hydrogens is 267 g/mol. The monoisotopic (exact) mass is 276 g/mol. The molecule has 0 spiro atoms. The summed E-state index contributed by atoms with van der Waals surface area (Å²) in [7, 11) is 0. The standard InChI is InChI=1S/C14H10Cl2N2/c15-13-7-3-1-5-11(13)9-17-18-10-12-6-2-4-8-14(12)16/h1-10H/b17-9+,18-10+. The van der Waals surface area contributed by atoms with Gasteiger partial charge in [-0.05, 0) is 12.1 Å². The molecule has 0 amide bonds. The first kappa shape index (κ1) is 12.8. The maximum Gasteiger partial charge on any atom is 0.0583 e. The van der Waals surface area contributed by atoms with Crippen molar-refractivity contribution in [1.29, 1.82) is 0 Å². The van der Waals surface area contributed by atoms with Gasteiger partial charge < -0.3 is 0 Å². The lowest BCUT2D eigenvalue weighted by molar-refractivity contribution is 1.26. The normalized spacial score (nSPS) is 11.4. The van der Waals surface area contributed by atoms with Crippen LogP contribution in [-0.4, -0.2) is 12.4 Å². The highest BCUT2D eigenvalue weighted by molar-refractivity contribution is 6.33. The van der Waals surface area contributed by atoms with E-state index in [1.165, 1.54) is 0 Å². The molecule has 0 aliphatic carbocycles. The summed E-state index contributed by atoms with van der Waals surface area (Å²) in [6, 6.07) is 14.9. The smallest absolute Gasteiger partial charge is 0.0583 e. The van der Waals surface area contributed by atoms with E-state index in [1.54, 1.807) is 24.6 Å². The van der Waals surface area contributed by atoms with Crippen molar-refractivity contribution in [2.45, 2.75) is 0 Å². The third kappa shape index (κ3) is 3.42. The second-order valence-corrected chi connectivity index (χ2v) is 4.35. The number of hydrogen-bond acceptors (Lipinski definition) is 2. The highest BCUT2D eigenvalue weighted by Crippen LogP contribution is 2.13. The molecule has 90 valence electrons. The molecule has 0 saturated carbocycles. The predicted molar refractivity (Wildman–Crippen MR) is 78.1 cm³/mol. The Hall–Kier alpha value is -1.64. The zero-order valence-electron chi connectivity index (χ0n) is 9.42. The molecule has 0 unspecified atom stereocenters. The number of rotatable bonds is 3. The minimum atomic E-state index is 0.647. The Labute approximate surface area is 116 Å². The number of hydrogen-bond donors (Lipinski definition) is 0. The van der Waals surface area contributed by atoms with E-state index in [4.69, 9.17) is 23.2 Å². The molecule has 2 nitrogen and oxygen atoms in total. The Bertz CT molecular complexity index is 538. The van der Waals surface area contributed by atoms with Crippen LogP contribution in [0, 0.1) is 0 Å². The molecule has 0 aliphatic rings. The van der Waals surface area contributed by atoms with E-state index in [9.17, 15) is 0 Å².